The summed E-state index contributed by atoms with van der Waals surface area (Å²) in [5, 5.41) is 25.1. The quantitative estimate of drug-likeness (QED) is 0.228. The van der Waals surface area contributed by atoms with Crippen LogP contribution in [0.3, 0.4) is 0 Å². The molecule has 0 unspecified atom stereocenters. The Morgan fingerprint density at radius 1 is 1.13 bits per heavy atom. The maximum atomic E-state index is 12.9. The first-order valence-corrected chi connectivity index (χ1v) is 12.5. The van der Waals surface area contributed by atoms with Crippen molar-refractivity contribution in [3.8, 4) is 11.5 Å². The Labute approximate surface area is 224 Å². The average Bonchev–Trinajstić information content (AvgIpc) is 3.48. The van der Waals surface area contributed by atoms with Gasteiger partial charge in [0.05, 0.1) is 30.1 Å². The molecule has 0 aliphatic rings. The molecule has 12 nitrogen and oxygen atoms in total. The van der Waals surface area contributed by atoms with Crippen molar-refractivity contribution in [3.63, 3.8) is 0 Å². The summed E-state index contributed by atoms with van der Waals surface area (Å²) in [7, 11) is 0. The molecule has 0 spiro atoms. The molecule has 5 rings (SSSR count). The van der Waals surface area contributed by atoms with Gasteiger partial charge >= 0.3 is 0 Å². The summed E-state index contributed by atoms with van der Waals surface area (Å²) >= 11 is 0. The van der Waals surface area contributed by atoms with Crippen molar-refractivity contribution in [1.29, 1.82) is 0 Å². The molecule has 0 amide bonds. The molecule has 1 aromatic carbocycles. The first-order chi connectivity index (χ1) is 18.9. The van der Waals surface area contributed by atoms with Gasteiger partial charge in [-0.05, 0) is 31.5 Å². The molecule has 0 saturated heterocycles. The number of hydrogen-bond donors (Lipinski definition) is 3. The number of aryl methyl sites for hydroxylation is 1. The number of anilines is 3. The van der Waals surface area contributed by atoms with E-state index in [9.17, 15) is 9.90 Å². The Balaban J connectivity index is 1.54. The molecule has 4 aromatic heterocycles. The van der Waals surface area contributed by atoms with Crippen molar-refractivity contribution in [2.45, 2.75) is 39.4 Å². The third kappa shape index (κ3) is 5.14. The summed E-state index contributed by atoms with van der Waals surface area (Å²) in [6.45, 7) is 9.64. The summed E-state index contributed by atoms with van der Waals surface area (Å²) in [5.74, 6) is 1.74. The molecule has 4 heterocycles. The van der Waals surface area contributed by atoms with E-state index in [1.54, 1.807) is 36.0 Å². The van der Waals surface area contributed by atoms with Crippen LogP contribution < -0.4 is 16.2 Å². The van der Waals surface area contributed by atoms with Crippen molar-refractivity contribution in [2.75, 3.05) is 17.2 Å². The zero-order valence-electron chi connectivity index (χ0n) is 21.9. The predicted octanol–water partition coefficient (Wildman–Crippen LogP) is 4.00. The molecule has 5 aromatic rings. The molecule has 0 aliphatic heterocycles. The summed E-state index contributed by atoms with van der Waals surface area (Å²) in [6, 6.07) is 12.5. The topological polar surface area (TPSA) is 149 Å². The second kappa shape index (κ2) is 10.9. The monoisotopic (exact) mass is 527 g/mol. The highest BCUT2D eigenvalue weighted by atomic mass is 16.4. The van der Waals surface area contributed by atoms with Crippen LogP contribution in [0.5, 0.6) is 0 Å². The van der Waals surface area contributed by atoms with E-state index >= 15 is 0 Å². The fourth-order valence-electron chi connectivity index (χ4n) is 4.34. The number of benzene rings is 1. The molecular weight excluding hydrogens is 498 g/mol. The molecule has 1 atom stereocenters. The highest BCUT2D eigenvalue weighted by molar-refractivity contribution is 5.77. The third-order valence-corrected chi connectivity index (χ3v) is 6.09. The highest BCUT2D eigenvalue weighted by Gasteiger charge is 2.20. The van der Waals surface area contributed by atoms with Gasteiger partial charge < -0.3 is 20.2 Å². The molecular formula is C27H29N9O3. The van der Waals surface area contributed by atoms with Gasteiger partial charge in [-0.15, -0.1) is 16.8 Å². The molecule has 200 valence electrons. The normalized spacial score (nSPS) is 12.1. The van der Waals surface area contributed by atoms with Crippen molar-refractivity contribution < 1.29 is 9.52 Å². The van der Waals surface area contributed by atoms with Crippen LogP contribution in [0.4, 0.5) is 17.6 Å². The zero-order valence-corrected chi connectivity index (χ0v) is 21.9. The largest absolute Gasteiger partial charge is 0.421 e. The van der Waals surface area contributed by atoms with Gasteiger partial charge in [0.1, 0.15) is 11.6 Å². The molecule has 0 fully saturated rings. The standard InChI is InChI=1S/C27H29N9O3/c1-5-13-35-26(38)19-11-12-22(30-24(19)36(35)16(2)3)31-27-28-14-20(25-34-33-17(4)39-25)23(32-27)29-21(15-37)18-9-7-6-8-10-18/h5-12,14,16,21,37H,1,13,15H2,2-4H3,(H2,28,29,30,31,32)/t21-/m1/s1. The summed E-state index contributed by atoms with van der Waals surface area (Å²) < 4.78 is 9.10. The Morgan fingerprint density at radius 2 is 1.92 bits per heavy atom. The number of nitrogens with one attached hydrogen (secondary N) is 2. The lowest BCUT2D eigenvalue weighted by molar-refractivity contribution is 0.276. The molecule has 3 N–H and O–H groups in total. The van der Waals surface area contributed by atoms with Gasteiger partial charge in [0.15, 0.2) is 5.65 Å². The lowest BCUT2D eigenvalue weighted by atomic mass is 10.1. The van der Waals surface area contributed by atoms with Crippen LogP contribution in [0, 0.1) is 6.92 Å². The van der Waals surface area contributed by atoms with Gasteiger partial charge in [0.25, 0.3) is 11.4 Å². The zero-order chi connectivity index (χ0) is 27.5. The van der Waals surface area contributed by atoms with Crippen LogP contribution in [-0.2, 0) is 6.54 Å². The second-order valence-electron chi connectivity index (χ2n) is 9.18. The fraction of sp³-hybridized carbons (Fsp3) is 0.259. The molecule has 0 saturated carbocycles. The maximum Gasteiger partial charge on any atom is 0.276 e. The molecule has 0 radical (unpaired) electrons. The Bertz CT molecular complexity index is 1670. The number of pyridine rings is 1. The van der Waals surface area contributed by atoms with E-state index in [0.717, 1.165) is 5.56 Å². The first-order valence-electron chi connectivity index (χ1n) is 12.5. The smallest absolute Gasteiger partial charge is 0.276 e. The van der Waals surface area contributed by atoms with E-state index in [0.29, 0.717) is 40.7 Å². The minimum atomic E-state index is -0.448. The van der Waals surface area contributed by atoms with Crippen LogP contribution >= 0.6 is 0 Å². The average molecular weight is 528 g/mol. The number of hydrogen-bond acceptors (Lipinski definition) is 10. The van der Waals surface area contributed by atoms with Crippen molar-refractivity contribution in [1.82, 2.24) is 34.5 Å². The van der Waals surface area contributed by atoms with Crippen LogP contribution in [0.1, 0.15) is 37.4 Å². The number of rotatable bonds is 10. The number of allylic oxidation sites excluding steroid dienone is 1. The minimum absolute atomic E-state index is 0.00417. The van der Waals surface area contributed by atoms with Gasteiger partial charge in [-0.1, -0.05) is 36.4 Å². The van der Waals surface area contributed by atoms with E-state index in [4.69, 9.17) is 9.40 Å². The van der Waals surface area contributed by atoms with Crippen LogP contribution in [0.25, 0.3) is 22.5 Å². The number of aliphatic hydroxyl groups is 1. The maximum absolute atomic E-state index is 12.9. The second-order valence-corrected chi connectivity index (χ2v) is 9.18. The van der Waals surface area contributed by atoms with Gasteiger partial charge in [-0.25, -0.2) is 14.6 Å². The molecule has 39 heavy (non-hydrogen) atoms. The highest BCUT2D eigenvalue weighted by Crippen LogP contribution is 2.29. The summed E-state index contributed by atoms with van der Waals surface area (Å²) in [5.41, 5.74) is 1.77. The van der Waals surface area contributed by atoms with Gasteiger partial charge in [-0.2, -0.15) is 4.98 Å². The van der Waals surface area contributed by atoms with Gasteiger partial charge in [0.2, 0.25) is 11.8 Å². The first kappa shape index (κ1) is 25.8. The number of aromatic nitrogens is 7. The lowest BCUT2D eigenvalue weighted by Gasteiger charge is -2.19. The van der Waals surface area contributed by atoms with Crippen molar-refractivity contribution in [3.05, 3.63) is 83.1 Å². The van der Waals surface area contributed by atoms with Gasteiger partial charge in [-0.3, -0.25) is 9.48 Å². The van der Waals surface area contributed by atoms with Crippen LogP contribution in [0.2, 0.25) is 0 Å². The van der Waals surface area contributed by atoms with Gasteiger partial charge in [0, 0.05) is 19.2 Å². The van der Waals surface area contributed by atoms with E-state index in [-0.39, 0.29) is 30.0 Å². The Hall–Kier alpha value is -4.84. The predicted molar refractivity (Wildman–Crippen MR) is 148 cm³/mol. The van der Waals surface area contributed by atoms with Crippen LogP contribution in [0.15, 0.2) is 70.5 Å². The Kier molecular flexibility index (Phi) is 7.19. The lowest BCUT2D eigenvalue weighted by Crippen LogP contribution is -2.23. The van der Waals surface area contributed by atoms with Crippen LogP contribution in [-0.4, -0.2) is 46.2 Å². The number of fused-ring (bicyclic) bond motifs is 1. The van der Waals surface area contributed by atoms with E-state index in [1.807, 2.05) is 48.9 Å². The number of aliphatic hydroxyl groups excluding tert-OH is 1. The summed E-state index contributed by atoms with van der Waals surface area (Å²) in [4.78, 5) is 26.7. The van der Waals surface area contributed by atoms with E-state index in [2.05, 4.69) is 37.4 Å². The fourth-order valence-corrected chi connectivity index (χ4v) is 4.34. The Morgan fingerprint density at radius 3 is 2.59 bits per heavy atom. The molecule has 0 aliphatic carbocycles. The number of nitrogens with zero attached hydrogens (tertiary/aromatic N) is 7. The van der Waals surface area contributed by atoms with E-state index < -0.39 is 6.04 Å². The summed E-state index contributed by atoms with van der Waals surface area (Å²) in [6.07, 6.45) is 3.25. The third-order valence-electron chi connectivity index (χ3n) is 6.09. The van der Waals surface area contributed by atoms with E-state index in [1.165, 1.54) is 0 Å². The molecule has 0 bridgehead atoms. The minimum Gasteiger partial charge on any atom is -0.421 e. The SMILES string of the molecule is C=CCn1c(=O)c2ccc(Nc3ncc(-c4nnc(C)o4)c(N[C@H](CO)c4ccccc4)n3)nc2n1C(C)C. The van der Waals surface area contributed by atoms with Crippen molar-refractivity contribution >= 4 is 28.6 Å². The molecule has 12 heteroatoms. The van der Waals surface area contributed by atoms with Crippen molar-refractivity contribution in [2.24, 2.45) is 0 Å².